The molecule has 2 amide bonds. The summed E-state index contributed by atoms with van der Waals surface area (Å²) in [5, 5.41) is 3.15. The molecule has 0 bridgehead atoms. The highest BCUT2D eigenvalue weighted by molar-refractivity contribution is 6.31. The number of piperidine rings is 1. The molecule has 0 saturated carbocycles. The van der Waals surface area contributed by atoms with E-state index in [-0.39, 0.29) is 30.6 Å². The maximum atomic E-state index is 14.1. The Bertz CT molecular complexity index is 629. The summed E-state index contributed by atoms with van der Waals surface area (Å²) in [5.41, 5.74) is 0.370. The van der Waals surface area contributed by atoms with Gasteiger partial charge in [0, 0.05) is 43.3 Å². The van der Waals surface area contributed by atoms with E-state index >= 15 is 0 Å². The van der Waals surface area contributed by atoms with Crippen LogP contribution < -0.4 is 5.32 Å². The van der Waals surface area contributed by atoms with Crippen LogP contribution in [0, 0.1) is 5.82 Å². The van der Waals surface area contributed by atoms with Gasteiger partial charge >= 0.3 is 0 Å². The fourth-order valence-corrected chi connectivity index (χ4v) is 3.72. The number of halogens is 2. The minimum Gasteiger partial charge on any atom is -0.353 e. The van der Waals surface area contributed by atoms with Crippen molar-refractivity contribution in [3.05, 3.63) is 34.6 Å². The molecule has 0 aromatic heterocycles. The number of rotatable bonds is 4. The van der Waals surface area contributed by atoms with Crippen molar-refractivity contribution in [3.63, 3.8) is 0 Å². The first-order valence-corrected chi connectivity index (χ1v) is 9.16. The Labute approximate surface area is 152 Å². The largest absolute Gasteiger partial charge is 0.353 e. The first-order chi connectivity index (χ1) is 12.1. The smallest absolute Gasteiger partial charge is 0.237 e. The quantitative estimate of drug-likeness (QED) is 0.887. The standard InChI is InChI=1S/C18H23ClFN3O2/c19-14-5-4-6-15(20)13(14)12-23-10-7-21-18(25)16(23)11-17(24)22-8-2-1-3-9-22/h4-6,16H,1-3,7-12H2,(H,21,25)/t16-/m1/s1. The molecule has 1 atom stereocenters. The zero-order chi connectivity index (χ0) is 17.8. The number of hydrogen-bond donors (Lipinski definition) is 1. The monoisotopic (exact) mass is 367 g/mol. The number of amides is 2. The lowest BCUT2D eigenvalue weighted by atomic mass is 10.0. The van der Waals surface area contributed by atoms with Crippen LogP contribution in [-0.4, -0.2) is 53.8 Å². The van der Waals surface area contributed by atoms with Crippen LogP contribution in [0.1, 0.15) is 31.2 Å². The van der Waals surface area contributed by atoms with E-state index in [1.165, 1.54) is 6.07 Å². The molecule has 2 aliphatic heterocycles. The van der Waals surface area contributed by atoms with Gasteiger partial charge in [0.2, 0.25) is 11.8 Å². The number of nitrogens with one attached hydrogen (secondary N) is 1. The predicted molar refractivity (Wildman–Crippen MR) is 93.7 cm³/mol. The number of likely N-dealkylation sites (tertiary alicyclic amines) is 1. The summed E-state index contributed by atoms with van der Waals surface area (Å²) in [6.07, 6.45) is 3.29. The number of benzene rings is 1. The van der Waals surface area contributed by atoms with Gasteiger partial charge in [-0.3, -0.25) is 14.5 Å². The molecule has 2 saturated heterocycles. The van der Waals surface area contributed by atoms with Crippen LogP contribution in [0.15, 0.2) is 18.2 Å². The number of carbonyl (C=O) groups excluding carboxylic acids is 2. The van der Waals surface area contributed by atoms with Crippen LogP contribution in [-0.2, 0) is 16.1 Å². The number of nitrogens with zero attached hydrogens (tertiary/aromatic N) is 2. The van der Waals surface area contributed by atoms with Crippen molar-refractivity contribution in [2.75, 3.05) is 26.2 Å². The summed E-state index contributed by atoms with van der Waals surface area (Å²) >= 11 is 6.12. The number of carbonyl (C=O) groups is 2. The summed E-state index contributed by atoms with van der Waals surface area (Å²) in [6.45, 7) is 2.78. The van der Waals surface area contributed by atoms with E-state index in [9.17, 15) is 14.0 Å². The summed E-state index contributed by atoms with van der Waals surface area (Å²) in [5.74, 6) is -0.574. The second-order valence-corrected chi connectivity index (χ2v) is 7.03. The molecule has 5 nitrogen and oxygen atoms in total. The van der Waals surface area contributed by atoms with E-state index < -0.39 is 6.04 Å². The zero-order valence-corrected chi connectivity index (χ0v) is 14.9. The Morgan fingerprint density at radius 2 is 2.00 bits per heavy atom. The third-order valence-electron chi connectivity index (χ3n) is 4.94. The highest BCUT2D eigenvalue weighted by atomic mass is 35.5. The molecule has 2 fully saturated rings. The summed E-state index contributed by atoms with van der Waals surface area (Å²) in [4.78, 5) is 28.6. The van der Waals surface area contributed by atoms with Crippen LogP contribution >= 0.6 is 11.6 Å². The van der Waals surface area contributed by atoms with Gasteiger partial charge in [0.1, 0.15) is 5.82 Å². The van der Waals surface area contributed by atoms with Crippen LogP contribution in [0.5, 0.6) is 0 Å². The zero-order valence-electron chi connectivity index (χ0n) is 14.1. The molecule has 0 unspecified atom stereocenters. The van der Waals surface area contributed by atoms with E-state index in [2.05, 4.69) is 5.32 Å². The van der Waals surface area contributed by atoms with E-state index in [1.807, 2.05) is 9.80 Å². The molecule has 2 aliphatic rings. The van der Waals surface area contributed by atoms with E-state index in [4.69, 9.17) is 11.6 Å². The second kappa shape index (κ2) is 8.15. The van der Waals surface area contributed by atoms with Gasteiger partial charge in [-0.1, -0.05) is 17.7 Å². The molecule has 7 heteroatoms. The van der Waals surface area contributed by atoms with Crippen molar-refractivity contribution in [2.45, 2.75) is 38.3 Å². The molecule has 1 aromatic carbocycles. The highest BCUT2D eigenvalue weighted by Gasteiger charge is 2.33. The summed E-state index contributed by atoms with van der Waals surface area (Å²) in [7, 11) is 0. The van der Waals surface area contributed by atoms with Crippen LogP contribution in [0.2, 0.25) is 5.02 Å². The first kappa shape index (κ1) is 18.1. The van der Waals surface area contributed by atoms with Gasteiger partial charge in [0.05, 0.1) is 12.5 Å². The van der Waals surface area contributed by atoms with Crippen LogP contribution in [0.4, 0.5) is 4.39 Å². The molecule has 0 aliphatic carbocycles. The lowest BCUT2D eigenvalue weighted by Gasteiger charge is -2.36. The lowest BCUT2D eigenvalue weighted by molar-refractivity contribution is -0.139. The van der Waals surface area contributed by atoms with Crippen molar-refractivity contribution in [3.8, 4) is 0 Å². The molecule has 0 radical (unpaired) electrons. The first-order valence-electron chi connectivity index (χ1n) is 8.78. The normalized spacial score (nSPS) is 21.9. The van der Waals surface area contributed by atoms with Crippen molar-refractivity contribution in [2.24, 2.45) is 0 Å². The lowest BCUT2D eigenvalue weighted by Crippen LogP contribution is -2.56. The third-order valence-corrected chi connectivity index (χ3v) is 5.30. The molecule has 136 valence electrons. The van der Waals surface area contributed by atoms with E-state index in [1.54, 1.807) is 12.1 Å². The van der Waals surface area contributed by atoms with Gasteiger partial charge in [-0.15, -0.1) is 0 Å². The number of hydrogen-bond acceptors (Lipinski definition) is 3. The predicted octanol–water partition coefficient (Wildman–Crippen LogP) is 2.18. The highest BCUT2D eigenvalue weighted by Crippen LogP contribution is 2.23. The Hall–Kier alpha value is -1.66. The van der Waals surface area contributed by atoms with Gasteiger partial charge in [-0.2, -0.15) is 0 Å². The average Bonchev–Trinajstić information content (AvgIpc) is 2.61. The van der Waals surface area contributed by atoms with Gasteiger partial charge in [-0.25, -0.2) is 4.39 Å². The van der Waals surface area contributed by atoms with Crippen molar-refractivity contribution in [1.82, 2.24) is 15.1 Å². The summed E-state index contributed by atoms with van der Waals surface area (Å²) < 4.78 is 14.1. The minimum atomic E-state index is -0.584. The Morgan fingerprint density at radius 1 is 1.24 bits per heavy atom. The van der Waals surface area contributed by atoms with Crippen molar-refractivity contribution < 1.29 is 14.0 Å². The van der Waals surface area contributed by atoms with Crippen LogP contribution in [0.25, 0.3) is 0 Å². The Balaban J connectivity index is 1.72. The topological polar surface area (TPSA) is 52.7 Å². The molecular weight excluding hydrogens is 345 g/mol. The molecule has 0 spiro atoms. The maximum absolute atomic E-state index is 14.1. The van der Waals surface area contributed by atoms with Gasteiger partial charge < -0.3 is 10.2 Å². The van der Waals surface area contributed by atoms with Crippen LogP contribution in [0.3, 0.4) is 0 Å². The summed E-state index contributed by atoms with van der Waals surface area (Å²) in [6, 6.07) is 3.97. The Kier molecular flexibility index (Phi) is 5.91. The third kappa shape index (κ3) is 4.30. The van der Waals surface area contributed by atoms with Gasteiger partial charge in [0.25, 0.3) is 0 Å². The van der Waals surface area contributed by atoms with E-state index in [0.717, 1.165) is 32.4 Å². The Morgan fingerprint density at radius 3 is 2.72 bits per heavy atom. The molecule has 1 aromatic rings. The maximum Gasteiger partial charge on any atom is 0.237 e. The second-order valence-electron chi connectivity index (χ2n) is 6.62. The van der Waals surface area contributed by atoms with Gasteiger partial charge in [0.15, 0.2) is 0 Å². The fraction of sp³-hybridized carbons (Fsp3) is 0.556. The molecule has 25 heavy (non-hydrogen) atoms. The molecule has 1 N–H and O–H groups in total. The van der Waals surface area contributed by atoms with Crippen molar-refractivity contribution >= 4 is 23.4 Å². The molecular formula is C18H23ClFN3O2. The SMILES string of the molecule is O=C1NCCN(Cc2c(F)cccc2Cl)[C@@H]1CC(=O)N1CCCCC1. The van der Waals surface area contributed by atoms with Gasteiger partial charge in [-0.05, 0) is 31.4 Å². The molecule has 3 rings (SSSR count). The number of piperazine rings is 1. The fourth-order valence-electron chi connectivity index (χ4n) is 3.50. The minimum absolute atomic E-state index is 0.00798. The molecule has 2 heterocycles. The average molecular weight is 368 g/mol. The van der Waals surface area contributed by atoms with E-state index in [0.29, 0.717) is 23.7 Å². The van der Waals surface area contributed by atoms with Crippen molar-refractivity contribution in [1.29, 1.82) is 0 Å².